The van der Waals surface area contributed by atoms with Gasteiger partial charge < -0.3 is 15.3 Å². The van der Waals surface area contributed by atoms with Gasteiger partial charge in [0, 0.05) is 5.57 Å². The lowest BCUT2D eigenvalue weighted by Gasteiger charge is -2.61. The van der Waals surface area contributed by atoms with Crippen LogP contribution in [-0.2, 0) is 0 Å². The van der Waals surface area contributed by atoms with Crippen LogP contribution in [0.3, 0.4) is 0 Å². The summed E-state index contributed by atoms with van der Waals surface area (Å²) in [6, 6.07) is 0. The molecule has 0 aromatic carbocycles. The van der Waals surface area contributed by atoms with E-state index in [9.17, 15) is 15.3 Å². The average molecular weight is 419 g/mol. The van der Waals surface area contributed by atoms with E-state index in [0.29, 0.717) is 23.2 Å². The second-order valence-electron chi connectivity index (χ2n) is 12.2. The summed E-state index contributed by atoms with van der Waals surface area (Å²) in [6.07, 6.45) is 16.9. The molecule has 0 aromatic heterocycles. The molecule has 0 radical (unpaired) electrons. The summed E-state index contributed by atoms with van der Waals surface area (Å²) >= 11 is 0. The fourth-order valence-corrected chi connectivity index (χ4v) is 9.28. The Kier molecular flexibility index (Phi) is 6.23. The van der Waals surface area contributed by atoms with Gasteiger partial charge in [-0.05, 0) is 111 Å². The zero-order valence-electron chi connectivity index (χ0n) is 19.7. The maximum Gasteiger partial charge on any atom is 0.299 e. The summed E-state index contributed by atoms with van der Waals surface area (Å²) in [7, 11) is 0. The summed E-state index contributed by atoms with van der Waals surface area (Å²) < 4.78 is 0. The predicted molar refractivity (Wildman–Crippen MR) is 121 cm³/mol. The van der Waals surface area contributed by atoms with Crippen LogP contribution in [0.5, 0.6) is 0 Å². The highest BCUT2D eigenvalue weighted by atomic mass is 16.7. The number of hydrogen-bond donors (Lipinski definition) is 3. The molecule has 0 aliphatic heterocycles. The first-order chi connectivity index (χ1) is 14.1. The normalized spacial score (nSPS) is 44.7. The lowest BCUT2D eigenvalue weighted by Crippen LogP contribution is -2.53. The van der Waals surface area contributed by atoms with Crippen molar-refractivity contribution >= 4 is 0 Å². The van der Waals surface area contributed by atoms with Gasteiger partial charge in [0.1, 0.15) is 0 Å². The number of fused-ring (bicyclic) bond motifs is 5. The van der Waals surface area contributed by atoms with Crippen molar-refractivity contribution in [3.63, 3.8) is 0 Å². The molecule has 3 heteroatoms. The molecule has 0 bridgehead atoms. The smallest absolute Gasteiger partial charge is 0.299 e. The average Bonchev–Trinajstić information content (AvgIpc) is 3.04. The van der Waals surface area contributed by atoms with Gasteiger partial charge in [0.15, 0.2) is 0 Å². The van der Waals surface area contributed by atoms with Gasteiger partial charge in [0.05, 0.1) is 0 Å². The molecule has 172 valence electrons. The van der Waals surface area contributed by atoms with Gasteiger partial charge in [0.25, 0.3) is 5.97 Å². The largest absolute Gasteiger partial charge is 0.340 e. The van der Waals surface area contributed by atoms with E-state index in [1.807, 2.05) is 0 Å². The van der Waals surface area contributed by atoms with Crippen LogP contribution >= 0.6 is 0 Å². The Labute approximate surface area is 184 Å². The highest BCUT2D eigenvalue weighted by Gasteiger charge is 2.60. The Morgan fingerprint density at radius 1 is 0.933 bits per heavy atom. The fraction of sp³-hybridized carbons (Fsp3) is 0.926. The van der Waals surface area contributed by atoms with E-state index < -0.39 is 5.97 Å². The quantitative estimate of drug-likeness (QED) is 0.365. The Morgan fingerprint density at radius 3 is 2.40 bits per heavy atom. The number of rotatable bonds is 6. The topological polar surface area (TPSA) is 60.7 Å². The fourth-order valence-electron chi connectivity index (χ4n) is 9.28. The van der Waals surface area contributed by atoms with Gasteiger partial charge in [-0.1, -0.05) is 46.6 Å². The zero-order chi connectivity index (χ0) is 21.7. The summed E-state index contributed by atoms with van der Waals surface area (Å²) in [4.78, 5) is 0. The molecule has 4 aliphatic carbocycles. The van der Waals surface area contributed by atoms with E-state index in [1.54, 1.807) is 0 Å². The minimum Gasteiger partial charge on any atom is -0.340 e. The third-order valence-corrected chi connectivity index (χ3v) is 11.0. The highest BCUT2D eigenvalue weighted by molar-refractivity contribution is 5.09. The minimum atomic E-state index is -2.72. The summed E-state index contributed by atoms with van der Waals surface area (Å²) in [5, 5.41) is 27.8. The lowest BCUT2D eigenvalue weighted by molar-refractivity contribution is -0.283. The molecule has 4 fully saturated rings. The molecule has 0 spiro atoms. The summed E-state index contributed by atoms with van der Waals surface area (Å²) in [6.45, 7) is 11.3. The molecule has 4 saturated carbocycles. The first-order valence-electron chi connectivity index (χ1n) is 12.9. The highest BCUT2D eigenvalue weighted by Crippen LogP contribution is 2.68. The lowest BCUT2D eigenvalue weighted by atomic mass is 9.44. The maximum absolute atomic E-state index is 9.28. The molecule has 0 saturated heterocycles. The number of hydrogen-bond acceptors (Lipinski definition) is 3. The van der Waals surface area contributed by atoms with Gasteiger partial charge in [0.2, 0.25) is 0 Å². The zero-order valence-corrected chi connectivity index (χ0v) is 19.7. The van der Waals surface area contributed by atoms with E-state index >= 15 is 0 Å². The van der Waals surface area contributed by atoms with Crippen LogP contribution in [0.2, 0.25) is 0 Å². The molecule has 4 aliphatic rings. The SMILES string of the molecule is C=C(CCC[C@@H](C)[C@H]1CC[C@H]2[C@@H]3CCC4CCCC[C@]4(C)[C@H]3CC[C@]12C)C(O)(O)O. The second kappa shape index (κ2) is 8.19. The summed E-state index contributed by atoms with van der Waals surface area (Å²) in [5.41, 5.74) is 1.23. The van der Waals surface area contributed by atoms with Gasteiger partial charge in [-0.2, -0.15) is 0 Å². The molecule has 1 unspecified atom stereocenters. The molecule has 0 aromatic rings. The second-order valence-corrected chi connectivity index (χ2v) is 12.2. The van der Waals surface area contributed by atoms with Gasteiger partial charge in [-0.25, -0.2) is 0 Å². The molecule has 4 rings (SSSR count). The van der Waals surface area contributed by atoms with Gasteiger partial charge >= 0.3 is 0 Å². The standard InChI is InChI=1S/C27H46O3/c1-18(8-7-9-19(2)27(28,29)30)22-13-14-23-21-12-11-20-10-5-6-16-25(20,3)24(21)15-17-26(22,23)4/h18,20-24,28-30H,2,5-17H2,1,3-4H3/t18-,20?,21+,22-,23+,24+,25+,26-/m1/s1. The van der Waals surface area contributed by atoms with E-state index in [1.165, 1.54) is 64.2 Å². The molecule has 0 heterocycles. The Hall–Kier alpha value is -0.380. The van der Waals surface area contributed by atoms with Crippen molar-refractivity contribution in [3.8, 4) is 0 Å². The first-order valence-corrected chi connectivity index (χ1v) is 12.9. The minimum absolute atomic E-state index is 0.114. The third-order valence-electron chi connectivity index (χ3n) is 11.0. The van der Waals surface area contributed by atoms with E-state index in [2.05, 4.69) is 27.4 Å². The van der Waals surface area contributed by atoms with Gasteiger partial charge in [-0.3, -0.25) is 0 Å². The molecule has 8 atom stereocenters. The molecule has 30 heavy (non-hydrogen) atoms. The molecule has 3 nitrogen and oxygen atoms in total. The van der Waals surface area contributed by atoms with Crippen molar-refractivity contribution < 1.29 is 15.3 Å². The Morgan fingerprint density at radius 2 is 1.67 bits per heavy atom. The van der Waals surface area contributed by atoms with E-state index in [-0.39, 0.29) is 5.57 Å². The van der Waals surface area contributed by atoms with Crippen molar-refractivity contribution in [1.82, 2.24) is 0 Å². The van der Waals surface area contributed by atoms with Crippen LogP contribution in [0.1, 0.15) is 104 Å². The monoisotopic (exact) mass is 418 g/mol. The molecular formula is C27H46O3. The van der Waals surface area contributed by atoms with Crippen LogP contribution in [0.4, 0.5) is 0 Å². The Bertz CT molecular complexity index is 637. The van der Waals surface area contributed by atoms with Crippen LogP contribution in [0, 0.1) is 46.3 Å². The predicted octanol–water partition coefficient (Wildman–Crippen LogP) is 6.03. The first kappa shape index (κ1) is 22.8. The summed E-state index contributed by atoms with van der Waals surface area (Å²) in [5.74, 6) is 2.56. The maximum atomic E-state index is 9.28. The van der Waals surface area contributed by atoms with E-state index in [4.69, 9.17) is 0 Å². The van der Waals surface area contributed by atoms with Crippen molar-refractivity contribution in [2.75, 3.05) is 0 Å². The van der Waals surface area contributed by atoms with Crippen LogP contribution in [0.25, 0.3) is 0 Å². The van der Waals surface area contributed by atoms with E-state index in [0.717, 1.165) is 42.4 Å². The molecule has 0 amide bonds. The van der Waals surface area contributed by atoms with Crippen LogP contribution in [-0.4, -0.2) is 21.3 Å². The van der Waals surface area contributed by atoms with Crippen molar-refractivity contribution in [3.05, 3.63) is 12.2 Å². The van der Waals surface area contributed by atoms with Crippen molar-refractivity contribution in [1.29, 1.82) is 0 Å². The van der Waals surface area contributed by atoms with Gasteiger partial charge in [-0.15, -0.1) is 0 Å². The van der Waals surface area contributed by atoms with Crippen molar-refractivity contribution in [2.24, 2.45) is 46.3 Å². The Balaban J connectivity index is 1.40. The number of aliphatic hydroxyl groups is 3. The van der Waals surface area contributed by atoms with Crippen molar-refractivity contribution in [2.45, 2.75) is 110 Å². The van der Waals surface area contributed by atoms with Crippen LogP contribution < -0.4 is 0 Å². The third kappa shape index (κ3) is 3.82. The molecular weight excluding hydrogens is 372 g/mol. The van der Waals surface area contributed by atoms with Crippen LogP contribution in [0.15, 0.2) is 12.2 Å². The molecule has 3 N–H and O–H groups in total.